The highest BCUT2D eigenvalue weighted by Crippen LogP contribution is 2.45. The van der Waals surface area contributed by atoms with E-state index in [4.69, 9.17) is 0 Å². The number of rotatable bonds is 2. The van der Waals surface area contributed by atoms with Gasteiger partial charge in [-0.3, -0.25) is 0 Å². The molecule has 0 N–H and O–H groups in total. The summed E-state index contributed by atoms with van der Waals surface area (Å²) in [7, 11) is 2.31. The summed E-state index contributed by atoms with van der Waals surface area (Å²) in [5.74, 6) is 2.91. The minimum Gasteiger partial charge on any atom is -0.0917 e. The Labute approximate surface area is 52.9 Å². The van der Waals surface area contributed by atoms with Crippen molar-refractivity contribution in [2.75, 3.05) is 0 Å². The fraction of sp³-hybridized carbons (Fsp3) is 1.00. The van der Waals surface area contributed by atoms with Crippen LogP contribution >= 0.6 is 0 Å². The summed E-state index contributed by atoms with van der Waals surface area (Å²) in [4.78, 5) is 0. The molecule has 1 radical (unpaired) electrons. The maximum Gasteiger partial charge on any atom is 0.110 e. The van der Waals surface area contributed by atoms with Crippen LogP contribution in [0.2, 0.25) is 12.6 Å². The topological polar surface area (TPSA) is 0 Å². The molecule has 8 heavy (non-hydrogen) atoms. The van der Waals surface area contributed by atoms with Crippen molar-refractivity contribution in [1.82, 2.24) is 0 Å². The third-order valence-corrected chi connectivity index (χ3v) is 2.37. The summed E-state index contributed by atoms with van der Waals surface area (Å²) in [6, 6.07) is 0. The zero-order chi connectivity index (χ0) is 6.15. The Bertz CT molecular complexity index is 78.5. The summed E-state index contributed by atoms with van der Waals surface area (Å²) in [5, 5.41) is 0. The van der Waals surface area contributed by atoms with Crippen molar-refractivity contribution in [3.8, 4) is 0 Å². The van der Waals surface area contributed by atoms with Crippen LogP contribution in [0, 0.1) is 11.8 Å². The van der Waals surface area contributed by atoms with Gasteiger partial charge in [-0.05, 0) is 18.3 Å². The van der Waals surface area contributed by atoms with Crippen molar-refractivity contribution in [2.45, 2.75) is 32.9 Å². The molecule has 1 aliphatic carbocycles. The van der Waals surface area contributed by atoms with Crippen LogP contribution in [-0.2, 0) is 0 Å². The van der Waals surface area contributed by atoms with E-state index in [-0.39, 0.29) is 0 Å². The first-order valence-electron chi connectivity index (χ1n) is 3.55. The van der Waals surface area contributed by atoms with Crippen molar-refractivity contribution >= 4 is 7.28 Å². The SMILES string of the molecule is C[B]C(C)C1CC1C. The Balaban J connectivity index is 2.18. The monoisotopic (exact) mass is 109 g/mol. The van der Waals surface area contributed by atoms with E-state index in [0.717, 1.165) is 17.7 Å². The summed E-state index contributed by atoms with van der Waals surface area (Å²) in [6.45, 7) is 6.81. The number of hydrogen-bond acceptors (Lipinski definition) is 0. The molecule has 0 spiro atoms. The van der Waals surface area contributed by atoms with Gasteiger partial charge in [0.05, 0.1) is 0 Å². The molecule has 0 amide bonds. The first-order valence-corrected chi connectivity index (χ1v) is 3.55. The van der Waals surface area contributed by atoms with E-state index in [0.29, 0.717) is 0 Å². The predicted octanol–water partition coefficient (Wildman–Crippen LogP) is 2.20. The quantitative estimate of drug-likeness (QED) is 0.477. The molecule has 0 nitrogen and oxygen atoms in total. The third kappa shape index (κ3) is 1.07. The normalized spacial score (nSPS) is 38.9. The lowest BCUT2D eigenvalue weighted by Gasteiger charge is -2.02. The van der Waals surface area contributed by atoms with Crippen LogP contribution in [-0.4, -0.2) is 7.28 Å². The Hall–Kier alpha value is 0.0649. The van der Waals surface area contributed by atoms with Crippen LogP contribution in [0.25, 0.3) is 0 Å². The van der Waals surface area contributed by atoms with E-state index in [2.05, 4.69) is 28.0 Å². The Morgan fingerprint density at radius 2 is 2.12 bits per heavy atom. The molecular formula is C7H14B. The third-order valence-electron chi connectivity index (χ3n) is 2.37. The highest BCUT2D eigenvalue weighted by atomic mass is 14.4. The average molecular weight is 109 g/mol. The standard InChI is InChI=1S/C7H14B/c1-5-4-7(5)6(2)8-3/h5-7H,4H2,1-3H3. The lowest BCUT2D eigenvalue weighted by molar-refractivity contribution is 0.716. The van der Waals surface area contributed by atoms with Gasteiger partial charge in [0.15, 0.2) is 0 Å². The molecule has 1 rings (SSSR count). The van der Waals surface area contributed by atoms with Gasteiger partial charge < -0.3 is 0 Å². The van der Waals surface area contributed by atoms with Gasteiger partial charge in [-0.25, -0.2) is 0 Å². The summed E-state index contributed by atoms with van der Waals surface area (Å²) in [5.41, 5.74) is 0. The Kier molecular flexibility index (Phi) is 1.64. The van der Waals surface area contributed by atoms with Gasteiger partial charge >= 0.3 is 0 Å². The van der Waals surface area contributed by atoms with Gasteiger partial charge in [-0.2, -0.15) is 0 Å². The summed E-state index contributed by atoms with van der Waals surface area (Å²) < 4.78 is 0. The van der Waals surface area contributed by atoms with Crippen LogP contribution in [0.1, 0.15) is 20.3 Å². The first-order chi connectivity index (χ1) is 3.75. The molecule has 1 saturated carbocycles. The lowest BCUT2D eigenvalue weighted by atomic mass is 9.65. The second-order valence-electron chi connectivity index (χ2n) is 3.07. The van der Waals surface area contributed by atoms with Crippen LogP contribution in [0.4, 0.5) is 0 Å². The molecule has 0 aromatic carbocycles. The lowest BCUT2D eigenvalue weighted by Crippen LogP contribution is -1.97. The molecule has 1 fully saturated rings. The van der Waals surface area contributed by atoms with E-state index in [1.807, 2.05) is 0 Å². The van der Waals surface area contributed by atoms with Gasteiger partial charge in [-0.1, -0.05) is 26.5 Å². The minimum absolute atomic E-state index is 0.866. The summed E-state index contributed by atoms with van der Waals surface area (Å²) in [6.07, 6.45) is 1.46. The van der Waals surface area contributed by atoms with Gasteiger partial charge in [0.1, 0.15) is 7.28 Å². The molecule has 0 aromatic heterocycles. The highest BCUT2D eigenvalue weighted by Gasteiger charge is 2.35. The average Bonchev–Trinajstić information content (AvgIpc) is 2.45. The molecule has 3 unspecified atom stereocenters. The van der Waals surface area contributed by atoms with E-state index in [1.54, 1.807) is 0 Å². The molecule has 45 valence electrons. The molecule has 1 heteroatoms. The molecule has 0 aliphatic heterocycles. The van der Waals surface area contributed by atoms with E-state index in [9.17, 15) is 0 Å². The largest absolute Gasteiger partial charge is 0.110 e. The molecular weight excluding hydrogens is 94.9 g/mol. The second kappa shape index (κ2) is 2.12. The fourth-order valence-electron chi connectivity index (χ4n) is 1.33. The van der Waals surface area contributed by atoms with Crippen LogP contribution in [0.15, 0.2) is 0 Å². The van der Waals surface area contributed by atoms with Crippen molar-refractivity contribution in [1.29, 1.82) is 0 Å². The van der Waals surface area contributed by atoms with Crippen molar-refractivity contribution in [3.05, 3.63) is 0 Å². The predicted molar refractivity (Wildman–Crippen MR) is 38.3 cm³/mol. The molecule has 0 bridgehead atoms. The van der Waals surface area contributed by atoms with E-state index >= 15 is 0 Å². The second-order valence-corrected chi connectivity index (χ2v) is 3.07. The Morgan fingerprint density at radius 3 is 2.25 bits per heavy atom. The van der Waals surface area contributed by atoms with Crippen molar-refractivity contribution < 1.29 is 0 Å². The molecule has 0 saturated heterocycles. The number of hydrogen-bond donors (Lipinski definition) is 0. The summed E-state index contributed by atoms with van der Waals surface area (Å²) >= 11 is 0. The van der Waals surface area contributed by atoms with Gasteiger partial charge in [-0.15, -0.1) is 0 Å². The van der Waals surface area contributed by atoms with Gasteiger partial charge in [0.25, 0.3) is 0 Å². The Morgan fingerprint density at radius 1 is 1.62 bits per heavy atom. The molecule has 0 heterocycles. The highest BCUT2D eigenvalue weighted by molar-refractivity contribution is 6.35. The first kappa shape index (κ1) is 6.19. The smallest absolute Gasteiger partial charge is 0.0917 e. The van der Waals surface area contributed by atoms with E-state index in [1.165, 1.54) is 6.42 Å². The van der Waals surface area contributed by atoms with E-state index < -0.39 is 0 Å². The maximum absolute atomic E-state index is 2.34. The maximum atomic E-state index is 2.34. The molecule has 0 aromatic rings. The van der Waals surface area contributed by atoms with Gasteiger partial charge in [0.2, 0.25) is 0 Å². The fourth-order valence-corrected chi connectivity index (χ4v) is 1.33. The molecule has 3 atom stereocenters. The minimum atomic E-state index is 0.866. The van der Waals surface area contributed by atoms with Crippen molar-refractivity contribution in [2.24, 2.45) is 11.8 Å². The molecule has 1 aliphatic rings. The van der Waals surface area contributed by atoms with Crippen LogP contribution < -0.4 is 0 Å². The zero-order valence-electron chi connectivity index (χ0n) is 6.02. The van der Waals surface area contributed by atoms with Crippen molar-refractivity contribution in [3.63, 3.8) is 0 Å². The van der Waals surface area contributed by atoms with Gasteiger partial charge in [0, 0.05) is 0 Å². The zero-order valence-corrected chi connectivity index (χ0v) is 6.02. The van der Waals surface area contributed by atoms with Crippen LogP contribution in [0.3, 0.4) is 0 Å². The van der Waals surface area contributed by atoms with Crippen LogP contribution in [0.5, 0.6) is 0 Å².